The highest BCUT2D eigenvalue weighted by atomic mass is 16.3. The zero-order chi connectivity index (χ0) is 12.5. The topological polar surface area (TPSA) is 69.6 Å². The van der Waals surface area contributed by atoms with Gasteiger partial charge in [-0.2, -0.15) is 0 Å². The summed E-state index contributed by atoms with van der Waals surface area (Å²) in [6.45, 7) is -0.407. The molecule has 100 valence electrons. The van der Waals surface area contributed by atoms with Gasteiger partial charge in [0.05, 0.1) is 19.3 Å². The summed E-state index contributed by atoms with van der Waals surface area (Å²) in [4.78, 5) is 11.5. The third kappa shape index (κ3) is 6.03. The second-order valence-electron chi connectivity index (χ2n) is 5.03. The summed E-state index contributed by atoms with van der Waals surface area (Å²) in [6, 6.07) is -0.503. The van der Waals surface area contributed by atoms with Crippen LogP contribution < -0.4 is 5.32 Å². The van der Waals surface area contributed by atoms with Gasteiger partial charge in [0.15, 0.2) is 0 Å². The van der Waals surface area contributed by atoms with Crippen LogP contribution in [-0.2, 0) is 4.79 Å². The molecule has 1 fully saturated rings. The molecule has 0 bridgehead atoms. The lowest BCUT2D eigenvalue weighted by Gasteiger charge is -2.21. The molecule has 0 spiro atoms. The van der Waals surface area contributed by atoms with E-state index in [1.807, 2.05) is 0 Å². The summed E-state index contributed by atoms with van der Waals surface area (Å²) in [5.41, 5.74) is 0. The Balaban J connectivity index is 2.06. The smallest absolute Gasteiger partial charge is 0.220 e. The molecule has 1 rings (SSSR count). The molecular weight excluding hydrogens is 218 g/mol. The summed E-state index contributed by atoms with van der Waals surface area (Å²) in [7, 11) is 0. The summed E-state index contributed by atoms with van der Waals surface area (Å²) < 4.78 is 0. The number of aliphatic hydroxyl groups excluding tert-OH is 2. The van der Waals surface area contributed by atoms with Crippen molar-refractivity contribution in [2.24, 2.45) is 5.92 Å². The van der Waals surface area contributed by atoms with Crippen LogP contribution in [0.25, 0.3) is 0 Å². The van der Waals surface area contributed by atoms with Gasteiger partial charge >= 0.3 is 0 Å². The van der Waals surface area contributed by atoms with Crippen molar-refractivity contribution in [3.05, 3.63) is 0 Å². The average Bonchev–Trinajstić information content (AvgIpc) is 2.37. The van der Waals surface area contributed by atoms with Gasteiger partial charge in [-0.25, -0.2) is 0 Å². The quantitative estimate of drug-likeness (QED) is 0.629. The molecule has 17 heavy (non-hydrogen) atoms. The molecule has 0 unspecified atom stereocenters. The standard InChI is InChI=1S/C13H25NO3/c15-9-12(10-16)14-13(17)8-4-7-11-5-2-1-3-6-11/h11-12,15-16H,1-10H2,(H,14,17). The zero-order valence-corrected chi connectivity index (χ0v) is 10.5. The van der Waals surface area contributed by atoms with E-state index in [4.69, 9.17) is 10.2 Å². The van der Waals surface area contributed by atoms with Crippen molar-refractivity contribution in [1.29, 1.82) is 0 Å². The molecular formula is C13H25NO3. The second-order valence-corrected chi connectivity index (χ2v) is 5.03. The summed E-state index contributed by atoms with van der Waals surface area (Å²) >= 11 is 0. The Morgan fingerprint density at radius 3 is 2.41 bits per heavy atom. The fraction of sp³-hybridized carbons (Fsp3) is 0.923. The molecule has 0 aromatic rings. The molecule has 0 aliphatic heterocycles. The van der Waals surface area contributed by atoms with Crippen molar-refractivity contribution in [2.75, 3.05) is 13.2 Å². The minimum Gasteiger partial charge on any atom is -0.394 e. The number of hydrogen-bond donors (Lipinski definition) is 3. The first-order chi connectivity index (χ1) is 8.26. The van der Waals surface area contributed by atoms with Crippen molar-refractivity contribution < 1.29 is 15.0 Å². The van der Waals surface area contributed by atoms with Gasteiger partial charge in [0, 0.05) is 6.42 Å². The van der Waals surface area contributed by atoms with E-state index in [1.54, 1.807) is 0 Å². The lowest BCUT2D eigenvalue weighted by Crippen LogP contribution is -2.39. The Labute approximate surface area is 103 Å². The number of carbonyl (C=O) groups excluding carboxylic acids is 1. The Hall–Kier alpha value is -0.610. The highest BCUT2D eigenvalue weighted by Gasteiger charge is 2.14. The van der Waals surface area contributed by atoms with E-state index in [0.29, 0.717) is 6.42 Å². The SMILES string of the molecule is O=C(CCCC1CCCCC1)NC(CO)CO. The Kier molecular flexibility index (Phi) is 7.21. The van der Waals surface area contributed by atoms with Gasteiger partial charge in [-0.15, -0.1) is 0 Å². The van der Waals surface area contributed by atoms with E-state index in [2.05, 4.69) is 5.32 Å². The highest BCUT2D eigenvalue weighted by molar-refractivity contribution is 5.76. The van der Waals surface area contributed by atoms with Crippen LogP contribution in [0.1, 0.15) is 51.4 Å². The van der Waals surface area contributed by atoms with Crippen LogP contribution >= 0.6 is 0 Å². The van der Waals surface area contributed by atoms with Gasteiger partial charge in [-0.1, -0.05) is 32.1 Å². The van der Waals surface area contributed by atoms with Gasteiger partial charge in [-0.3, -0.25) is 4.79 Å². The first kappa shape index (κ1) is 14.5. The van der Waals surface area contributed by atoms with Crippen LogP contribution in [0, 0.1) is 5.92 Å². The van der Waals surface area contributed by atoms with E-state index in [1.165, 1.54) is 32.1 Å². The van der Waals surface area contributed by atoms with E-state index in [9.17, 15) is 4.79 Å². The van der Waals surface area contributed by atoms with Gasteiger partial charge in [0.25, 0.3) is 0 Å². The lowest BCUT2D eigenvalue weighted by atomic mass is 9.86. The highest BCUT2D eigenvalue weighted by Crippen LogP contribution is 2.27. The van der Waals surface area contributed by atoms with E-state index in [0.717, 1.165) is 18.8 Å². The normalized spacial score (nSPS) is 17.4. The number of nitrogens with one attached hydrogen (secondary N) is 1. The van der Waals surface area contributed by atoms with Gasteiger partial charge in [0.2, 0.25) is 5.91 Å². The predicted octanol–water partition coefficient (Wildman–Crippen LogP) is 1.21. The molecule has 4 heteroatoms. The molecule has 0 saturated heterocycles. The summed E-state index contributed by atoms with van der Waals surface area (Å²) in [5.74, 6) is 0.747. The molecule has 0 atom stereocenters. The van der Waals surface area contributed by atoms with Crippen LogP contribution in [0.15, 0.2) is 0 Å². The van der Waals surface area contributed by atoms with Gasteiger partial charge in [0.1, 0.15) is 0 Å². The first-order valence-corrected chi connectivity index (χ1v) is 6.77. The van der Waals surface area contributed by atoms with Crippen LogP contribution in [0.2, 0.25) is 0 Å². The van der Waals surface area contributed by atoms with Gasteiger partial charge in [-0.05, 0) is 18.8 Å². The van der Waals surface area contributed by atoms with Crippen molar-refractivity contribution in [2.45, 2.75) is 57.4 Å². The number of rotatable bonds is 7. The molecule has 4 nitrogen and oxygen atoms in total. The van der Waals surface area contributed by atoms with Crippen molar-refractivity contribution >= 4 is 5.91 Å². The van der Waals surface area contributed by atoms with E-state index >= 15 is 0 Å². The molecule has 1 saturated carbocycles. The maximum atomic E-state index is 11.5. The van der Waals surface area contributed by atoms with Crippen molar-refractivity contribution in [3.63, 3.8) is 0 Å². The number of aliphatic hydroxyl groups is 2. The number of carbonyl (C=O) groups is 1. The minimum absolute atomic E-state index is 0.0612. The molecule has 0 aromatic heterocycles. The lowest BCUT2D eigenvalue weighted by molar-refractivity contribution is -0.122. The maximum Gasteiger partial charge on any atom is 0.220 e. The van der Waals surface area contributed by atoms with Crippen LogP contribution in [0.5, 0.6) is 0 Å². The molecule has 1 aliphatic carbocycles. The monoisotopic (exact) mass is 243 g/mol. The minimum atomic E-state index is -0.503. The third-order valence-electron chi connectivity index (χ3n) is 3.55. The van der Waals surface area contributed by atoms with E-state index < -0.39 is 6.04 Å². The Morgan fingerprint density at radius 1 is 1.18 bits per heavy atom. The Bertz CT molecular complexity index is 211. The van der Waals surface area contributed by atoms with Crippen LogP contribution in [-0.4, -0.2) is 35.4 Å². The molecule has 0 radical (unpaired) electrons. The Morgan fingerprint density at radius 2 is 1.82 bits per heavy atom. The largest absolute Gasteiger partial charge is 0.394 e. The molecule has 3 N–H and O–H groups in total. The number of hydrogen-bond acceptors (Lipinski definition) is 3. The fourth-order valence-corrected chi connectivity index (χ4v) is 2.48. The predicted molar refractivity (Wildman–Crippen MR) is 66.5 cm³/mol. The summed E-state index contributed by atoms with van der Waals surface area (Å²) in [6.07, 6.45) is 9.24. The molecule has 0 aromatic carbocycles. The van der Waals surface area contributed by atoms with E-state index in [-0.39, 0.29) is 19.1 Å². The fourth-order valence-electron chi connectivity index (χ4n) is 2.48. The average molecular weight is 243 g/mol. The first-order valence-electron chi connectivity index (χ1n) is 6.77. The molecule has 1 amide bonds. The maximum absolute atomic E-state index is 11.5. The van der Waals surface area contributed by atoms with Gasteiger partial charge < -0.3 is 15.5 Å². The second kappa shape index (κ2) is 8.48. The third-order valence-corrected chi connectivity index (χ3v) is 3.55. The molecule has 0 heterocycles. The zero-order valence-electron chi connectivity index (χ0n) is 10.5. The summed E-state index contributed by atoms with van der Waals surface area (Å²) in [5, 5.41) is 20.3. The van der Waals surface area contributed by atoms with Crippen LogP contribution in [0.4, 0.5) is 0 Å². The van der Waals surface area contributed by atoms with Crippen molar-refractivity contribution in [1.82, 2.24) is 5.32 Å². The van der Waals surface area contributed by atoms with Crippen LogP contribution in [0.3, 0.4) is 0 Å². The number of amides is 1. The molecule has 1 aliphatic rings. The van der Waals surface area contributed by atoms with Crippen molar-refractivity contribution in [3.8, 4) is 0 Å².